The normalized spacial score (nSPS) is 18.2. The molecule has 0 radical (unpaired) electrons. The zero-order valence-electron chi connectivity index (χ0n) is 10.2. The number of carboxylic acid groups (broad SMARTS) is 1. The van der Waals surface area contributed by atoms with Gasteiger partial charge in [0, 0.05) is 13.2 Å². The van der Waals surface area contributed by atoms with Gasteiger partial charge in [-0.05, 0) is 31.7 Å². The first-order chi connectivity index (χ1) is 8.34. The summed E-state index contributed by atoms with van der Waals surface area (Å²) in [5.74, 6) is -1.41. The third kappa shape index (κ3) is 2.22. The van der Waals surface area contributed by atoms with Crippen molar-refractivity contribution in [2.24, 2.45) is 13.0 Å². The van der Waals surface area contributed by atoms with Gasteiger partial charge in [0.1, 0.15) is 11.2 Å². The minimum atomic E-state index is -1.20. The number of aryl methyl sites for hydroxylation is 1. The molecule has 0 bridgehead atoms. The molecule has 0 aromatic carbocycles. The average molecular weight is 271 g/mol. The van der Waals surface area contributed by atoms with E-state index in [2.05, 4.69) is 5.32 Å². The van der Waals surface area contributed by atoms with Crippen molar-refractivity contribution in [2.75, 3.05) is 0 Å². The molecular formula is C12H15ClN2O3. The molecule has 2 N–H and O–H groups in total. The maximum Gasteiger partial charge on any atom is 0.329 e. The minimum absolute atomic E-state index is 0.00897. The highest BCUT2D eigenvalue weighted by Gasteiger charge is 2.48. The van der Waals surface area contributed by atoms with Gasteiger partial charge in [0.2, 0.25) is 0 Å². The van der Waals surface area contributed by atoms with Crippen molar-refractivity contribution >= 4 is 23.5 Å². The Balaban J connectivity index is 2.20. The van der Waals surface area contributed by atoms with Crippen LogP contribution >= 0.6 is 11.6 Å². The number of rotatable bonds is 4. The van der Waals surface area contributed by atoms with Gasteiger partial charge in [0.25, 0.3) is 5.91 Å². The molecule has 1 amide bonds. The molecule has 1 aromatic heterocycles. The van der Waals surface area contributed by atoms with Crippen LogP contribution in [0.4, 0.5) is 0 Å². The maximum atomic E-state index is 12.1. The van der Waals surface area contributed by atoms with Gasteiger partial charge in [-0.1, -0.05) is 11.6 Å². The number of carbonyl (C=O) groups is 2. The molecule has 1 fully saturated rings. The lowest BCUT2D eigenvalue weighted by molar-refractivity contribution is -0.144. The lowest BCUT2D eigenvalue weighted by atomic mass is 9.96. The van der Waals surface area contributed by atoms with E-state index in [0.717, 1.165) is 12.8 Å². The summed E-state index contributed by atoms with van der Waals surface area (Å²) in [6, 6.07) is 1.52. The van der Waals surface area contributed by atoms with Crippen molar-refractivity contribution in [1.29, 1.82) is 0 Å². The van der Waals surface area contributed by atoms with Gasteiger partial charge < -0.3 is 15.0 Å². The van der Waals surface area contributed by atoms with Crippen LogP contribution in [0, 0.1) is 5.92 Å². The molecule has 0 saturated heterocycles. The van der Waals surface area contributed by atoms with E-state index >= 15 is 0 Å². The Bertz CT molecular complexity index is 507. The minimum Gasteiger partial charge on any atom is -0.480 e. The summed E-state index contributed by atoms with van der Waals surface area (Å²) in [4.78, 5) is 23.4. The second-order valence-corrected chi connectivity index (χ2v) is 5.33. The summed E-state index contributed by atoms with van der Waals surface area (Å²) in [5.41, 5.74) is -0.846. The SMILES string of the molecule is Cn1cc(Cl)cc1C(=O)NC(C)(C(=O)O)C1CC1. The largest absolute Gasteiger partial charge is 0.480 e. The monoisotopic (exact) mass is 270 g/mol. The van der Waals surface area contributed by atoms with Gasteiger partial charge >= 0.3 is 5.97 Å². The molecule has 1 atom stereocenters. The number of halogens is 1. The second-order valence-electron chi connectivity index (χ2n) is 4.89. The molecule has 1 aromatic rings. The number of hydrogen-bond donors (Lipinski definition) is 2. The Hall–Kier alpha value is -1.49. The van der Waals surface area contributed by atoms with E-state index in [-0.39, 0.29) is 5.92 Å². The topological polar surface area (TPSA) is 71.3 Å². The van der Waals surface area contributed by atoms with Crippen LogP contribution in [-0.2, 0) is 11.8 Å². The summed E-state index contributed by atoms with van der Waals surface area (Å²) in [6.07, 6.45) is 3.26. The molecule has 2 rings (SSSR count). The molecule has 1 aliphatic rings. The second kappa shape index (κ2) is 4.31. The molecular weight excluding hydrogens is 256 g/mol. The zero-order chi connectivity index (χ0) is 13.5. The van der Waals surface area contributed by atoms with Gasteiger partial charge in [0.05, 0.1) is 5.02 Å². The van der Waals surface area contributed by atoms with Crippen LogP contribution in [0.1, 0.15) is 30.3 Å². The summed E-state index contributed by atoms with van der Waals surface area (Å²) in [5, 5.41) is 12.3. The first-order valence-corrected chi connectivity index (χ1v) is 6.10. The fourth-order valence-electron chi connectivity index (χ4n) is 2.04. The molecule has 18 heavy (non-hydrogen) atoms. The summed E-state index contributed by atoms with van der Waals surface area (Å²) < 4.78 is 1.58. The van der Waals surface area contributed by atoms with Gasteiger partial charge in [-0.15, -0.1) is 0 Å². The number of aromatic nitrogens is 1. The summed E-state index contributed by atoms with van der Waals surface area (Å²) >= 11 is 5.80. The molecule has 6 heteroatoms. The Morgan fingerprint density at radius 2 is 2.17 bits per heavy atom. The number of aliphatic carboxylic acids is 1. The Morgan fingerprint density at radius 3 is 2.56 bits per heavy atom. The fraction of sp³-hybridized carbons (Fsp3) is 0.500. The van der Waals surface area contributed by atoms with Crippen molar-refractivity contribution in [3.05, 3.63) is 23.0 Å². The van der Waals surface area contributed by atoms with Gasteiger partial charge in [-0.3, -0.25) is 4.79 Å². The first-order valence-electron chi connectivity index (χ1n) is 5.72. The Morgan fingerprint density at radius 1 is 1.56 bits per heavy atom. The highest BCUT2D eigenvalue weighted by atomic mass is 35.5. The number of carboxylic acids is 1. The molecule has 98 valence electrons. The van der Waals surface area contributed by atoms with Crippen molar-refractivity contribution < 1.29 is 14.7 Å². The van der Waals surface area contributed by atoms with E-state index in [1.54, 1.807) is 24.7 Å². The predicted molar refractivity (Wildman–Crippen MR) is 66.7 cm³/mol. The number of nitrogens with one attached hydrogen (secondary N) is 1. The number of hydrogen-bond acceptors (Lipinski definition) is 2. The van der Waals surface area contributed by atoms with Gasteiger partial charge in [-0.25, -0.2) is 4.79 Å². The summed E-state index contributed by atoms with van der Waals surface area (Å²) in [7, 11) is 1.69. The van der Waals surface area contributed by atoms with E-state index in [4.69, 9.17) is 11.6 Å². The lowest BCUT2D eigenvalue weighted by Gasteiger charge is -2.26. The van der Waals surface area contributed by atoms with E-state index in [0.29, 0.717) is 10.7 Å². The van der Waals surface area contributed by atoms with Gasteiger partial charge in [0.15, 0.2) is 0 Å². The molecule has 5 nitrogen and oxygen atoms in total. The molecule has 0 spiro atoms. The third-order valence-corrected chi connectivity index (χ3v) is 3.62. The van der Waals surface area contributed by atoms with Crippen LogP contribution in [0.5, 0.6) is 0 Å². The van der Waals surface area contributed by atoms with Crippen LogP contribution in [-0.4, -0.2) is 27.1 Å². The highest BCUT2D eigenvalue weighted by Crippen LogP contribution is 2.39. The third-order valence-electron chi connectivity index (χ3n) is 3.42. The van der Waals surface area contributed by atoms with E-state index in [9.17, 15) is 14.7 Å². The van der Waals surface area contributed by atoms with E-state index in [1.165, 1.54) is 6.07 Å². The van der Waals surface area contributed by atoms with Crippen LogP contribution in [0.25, 0.3) is 0 Å². The molecule has 1 unspecified atom stereocenters. The molecule has 1 aliphatic carbocycles. The summed E-state index contributed by atoms with van der Waals surface area (Å²) in [6.45, 7) is 1.55. The van der Waals surface area contributed by atoms with E-state index < -0.39 is 17.4 Å². The maximum absolute atomic E-state index is 12.1. The molecule has 1 saturated carbocycles. The predicted octanol–water partition coefficient (Wildman–Crippen LogP) is 1.66. The van der Waals surface area contributed by atoms with Gasteiger partial charge in [-0.2, -0.15) is 0 Å². The van der Waals surface area contributed by atoms with Crippen LogP contribution in [0.2, 0.25) is 5.02 Å². The van der Waals surface area contributed by atoms with Crippen LogP contribution in [0.15, 0.2) is 12.3 Å². The highest BCUT2D eigenvalue weighted by molar-refractivity contribution is 6.31. The van der Waals surface area contributed by atoms with E-state index in [1.807, 2.05) is 0 Å². The van der Waals surface area contributed by atoms with Crippen molar-refractivity contribution in [3.63, 3.8) is 0 Å². The number of nitrogens with zero attached hydrogens (tertiary/aromatic N) is 1. The standard InChI is InChI=1S/C12H15ClN2O3/c1-12(11(17)18,7-3-4-7)14-10(16)9-5-8(13)6-15(9)2/h5-7H,3-4H2,1-2H3,(H,14,16)(H,17,18). The average Bonchev–Trinajstić information content (AvgIpc) is 3.04. The van der Waals surface area contributed by atoms with Crippen LogP contribution in [0.3, 0.4) is 0 Å². The first kappa shape index (κ1) is 13.0. The lowest BCUT2D eigenvalue weighted by Crippen LogP contribution is -2.54. The molecule has 0 aliphatic heterocycles. The fourth-order valence-corrected chi connectivity index (χ4v) is 2.29. The Labute approximate surface area is 110 Å². The van der Waals surface area contributed by atoms with Crippen molar-refractivity contribution in [1.82, 2.24) is 9.88 Å². The van der Waals surface area contributed by atoms with Crippen LogP contribution < -0.4 is 5.32 Å². The smallest absolute Gasteiger partial charge is 0.329 e. The zero-order valence-corrected chi connectivity index (χ0v) is 11.0. The number of carbonyl (C=O) groups excluding carboxylic acids is 1. The van der Waals surface area contributed by atoms with Crippen molar-refractivity contribution in [2.45, 2.75) is 25.3 Å². The number of amides is 1. The van der Waals surface area contributed by atoms with Crippen molar-refractivity contribution in [3.8, 4) is 0 Å². The Kier molecular flexibility index (Phi) is 3.11. The molecule has 1 heterocycles. The quantitative estimate of drug-likeness (QED) is 0.874.